The normalized spacial score (nSPS) is 10.4. The lowest BCUT2D eigenvalue weighted by Crippen LogP contribution is -2.39. The van der Waals surface area contributed by atoms with E-state index in [0.29, 0.717) is 5.56 Å². The third kappa shape index (κ3) is 5.07. The minimum atomic E-state index is -0.544. The van der Waals surface area contributed by atoms with Gasteiger partial charge in [-0.05, 0) is 47.5 Å². The molecule has 5 N–H and O–H groups in total. The average molecular weight is 393 g/mol. The van der Waals surface area contributed by atoms with Crippen LogP contribution in [0.2, 0.25) is 0 Å². The first-order valence-electron chi connectivity index (χ1n) is 8.82. The van der Waals surface area contributed by atoms with E-state index in [4.69, 9.17) is 11.5 Å². The summed E-state index contributed by atoms with van der Waals surface area (Å²) in [4.78, 5) is 29.5. The first-order chi connectivity index (χ1) is 13.9. The summed E-state index contributed by atoms with van der Waals surface area (Å²) in [6.07, 6.45) is 3.28. The third-order valence-corrected chi connectivity index (χ3v) is 4.27. The number of pyridine rings is 1. The number of carbonyl (C=O) groups is 2. The molecule has 0 saturated carbocycles. The SMILES string of the molecule is NC(=O)c1ccc(CN(C(=O)NCc2cccnc2)c2cc(F)ccc2N)cc1. The topological polar surface area (TPSA) is 114 Å². The van der Waals surface area contributed by atoms with E-state index in [2.05, 4.69) is 10.3 Å². The molecule has 3 rings (SSSR count). The number of nitrogens with zero attached hydrogens (tertiary/aromatic N) is 2. The third-order valence-electron chi connectivity index (χ3n) is 4.27. The number of anilines is 2. The zero-order valence-corrected chi connectivity index (χ0v) is 15.5. The van der Waals surface area contributed by atoms with Gasteiger partial charge in [0.15, 0.2) is 0 Å². The first kappa shape index (κ1) is 19.8. The largest absolute Gasteiger partial charge is 0.397 e. The van der Waals surface area contributed by atoms with Gasteiger partial charge in [-0.25, -0.2) is 9.18 Å². The molecule has 0 bridgehead atoms. The Bertz CT molecular complexity index is 1010. The Balaban J connectivity index is 1.85. The van der Waals surface area contributed by atoms with E-state index in [0.717, 1.165) is 11.1 Å². The highest BCUT2D eigenvalue weighted by Crippen LogP contribution is 2.26. The molecule has 0 saturated heterocycles. The predicted molar refractivity (Wildman–Crippen MR) is 108 cm³/mol. The smallest absolute Gasteiger partial charge is 0.322 e. The van der Waals surface area contributed by atoms with E-state index in [1.165, 1.54) is 23.1 Å². The number of halogens is 1. The number of aromatic nitrogens is 1. The Kier molecular flexibility index (Phi) is 6.03. The summed E-state index contributed by atoms with van der Waals surface area (Å²) in [6, 6.07) is 13.5. The first-order valence-corrected chi connectivity index (χ1v) is 8.82. The van der Waals surface area contributed by atoms with Gasteiger partial charge in [-0.3, -0.25) is 14.7 Å². The lowest BCUT2D eigenvalue weighted by atomic mass is 10.1. The second-order valence-corrected chi connectivity index (χ2v) is 6.37. The summed E-state index contributed by atoms with van der Waals surface area (Å²) in [5.74, 6) is -1.06. The van der Waals surface area contributed by atoms with Crippen LogP contribution in [0.1, 0.15) is 21.5 Å². The lowest BCUT2D eigenvalue weighted by Gasteiger charge is -2.25. The lowest BCUT2D eigenvalue weighted by molar-refractivity contribution is 0.1000. The van der Waals surface area contributed by atoms with Gasteiger partial charge in [-0.1, -0.05) is 18.2 Å². The number of amides is 3. The van der Waals surface area contributed by atoms with Crippen molar-refractivity contribution in [2.24, 2.45) is 5.73 Å². The quantitative estimate of drug-likeness (QED) is 0.559. The van der Waals surface area contributed by atoms with Crippen LogP contribution in [0.15, 0.2) is 67.0 Å². The Labute approximate surface area is 167 Å². The molecule has 0 fully saturated rings. The Morgan fingerprint density at radius 3 is 2.48 bits per heavy atom. The van der Waals surface area contributed by atoms with Gasteiger partial charge in [0, 0.05) is 24.5 Å². The van der Waals surface area contributed by atoms with Crippen molar-refractivity contribution >= 4 is 23.3 Å². The number of carbonyl (C=O) groups excluding carboxylic acids is 2. The van der Waals surface area contributed by atoms with Crippen LogP contribution >= 0.6 is 0 Å². The molecule has 0 aliphatic rings. The number of primary amides is 1. The van der Waals surface area contributed by atoms with Crippen LogP contribution < -0.4 is 21.7 Å². The molecule has 3 aromatic rings. The summed E-state index contributed by atoms with van der Waals surface area (Å²) in [5, 5.41) is 2.79. The minimum absolute atomic E-state index is 0.117. The van der Waals surface area contributed by atoms with Crippen LogP contribution in [0.5, 0.6) is 0 Å². The molecule has 8 heteroatoms. The summed E-state index contributed by atoms with van der Waals surface area (Å²) < 4.78 is 13.8. The van der Waals surface area contributed by atoms with Crippen molar-refractivity contribution in [2.75, 3.05) is 10.6 Å². The van der Waals surface area contributed by atoms with Crippen LogP contribution in [0, 0.1) is 5.82 Å². The van der Waals surface area contributed by atoms with E-state index in [-0.39, 0.29) is 24.5 Å². The van der Waals surface area contributed by atoms with Crippen LogP contribution in [-0.4, -0.2) is 16.9 Å². The number of hydrogen-bond acceptors (Lipinski definition) is 4. The molecule has 2 aromatic carbocycles. The van der Waals surface area contributed by atoms with E-state index in [9.17, 15) is 14.0 Å². The van der Waals surface area contributed by atoms with Crippen LogP contribution in [0.3, 0.4) is 0 Å². The van der Waals surface area contributed by atoms with Crippen LogP contribution in [0.25, 0.3) is 0 Å². The van der Waals surface area contributed by atoms with E-state index in [1.807, 2.05) is 6.07 Å². The molecule has 0 spiro atoms. The molecular weight excluding hydrogens is 373 g/mol. The zero-order valence-electron chi connectivity index (χ0n) is 15.5. The number of benzene rings is 2. The van der Waals surface area contributed by atoms with Crippen LogP contribution in [0.4, 0.5) is 20.6 Å². The maximum absolute atomic E-state index is 13.8. The maximum atomic E-state index is 13.8. The summed E-state index contributed by atoms with van der Waals surface area (Å²) in [6.45, 7) is 0.366. The maximum Gasteiger partial charge on any atom is 0.322 e. The summed E-state index contributed by atoms with van der Waals surface area (Å²) in [5.41, 5.74) is 13.6. The molecule has 0 atom stereocenters. The van der Waals surface area contributed by atoms with Crippen molar-refractivity contribution in [3.05, 3.63) is 89.5 Å². The van der Waals surface area contributed by atoms with E-state index >= 15 is 0 Å². The van der Waals surface area contributed by atoms with Crippen molar-refractivity contribution in [3.63, 3.8) is 0 Å². The summed E-state index contributed by atoms with van der Waals surface area (Å²) >= 11 is 0. The molecule has 148 valence electrons. The van der Waals surface area contributed by atoms with Crippen molar-refractivity contribution in [2.45, 2.75) is 13.1 Å². The molecule has 0 aliphatic carbocycles. The monoisotopic (exact) mass is 393 g/mol. The van der Waals surface area contributed by atoms with Gasteiger partial charge >= 0.3 is 6.03 Å². The van der Waals surface area contributed by atoms with Gasteiger partial charge in [0.2, 0.25) is 5.91 Å². The highest BCUT2D eigenvalue weighted by molar-refractivity contribution is 5.95. The number of nitrogen functional groups attached to an aromatic ring is 1. The van der Waals surface area contributed by atoms with Gasteiger partial charge in [-0.15, -0.1) is 0 Å². The number of rotatable bonds is 6. The van der Waals surface area contributed by atoms with E-state index < -0.39 is 17.8 Å². The second-order valence-electron chi connectivity index (χ2n) is 6.37. The predicted octanol–water partition coefficient (Wildman–Crippen LogP) is 2.82. The number of nitrogens with one attached hydrogen (secondary N) is 1. The average Bonchev–Trinajstić information content (AvgIpc) is 2.73. The van der Waals surface area contributed by atoms with Gasteiger partial charge in [0.1, 0.15) is 5.82 Å². The molecule has 0 unspecified atom stereocenters. The van der Waals surface area contributed by atoms with Crippen molar-refractivity contribution < 1.29 is 14.0 Å². The molecular formula is C21H20FN5O2. The Hall–Kier alpha value is -3.94. The number of hydrogen-bond donors (Lipinski definition) is 3. The van der Waals surface area contributed by atoms with Crippen LogP contribution in [-0.2, 0) is 13.1 Å². The van der Waals surface area contributed by atoms with E-state index in [1.54, 1.807) is 42.7 Å². The minimum Gasteiger partial charge on any atom is -0.397 e. The fraction of sp³-hybridized carbons (Fsp3) is 0.0952. The standard InChI is InChI=1S/C21H20FN5O2/c22-17-7-8-18(23)19(10-17)27(13-14-3-5-16(6-4-14)20(24)28)21(29)26-12-15-2-1-9-25-11-15/h1-11H,12-13,23H2,(H2,24,28)(H,26,29). The van der Waals surface area contributed by atoms with Crippen molar-refractivity contribution in [1.82, 2.24) is 10.3 Å². The fourth-order valence-electron chi connectivity index (χ4n) is 2.75. The van der Waals surface area contributed by atoms with Gasteiger partial charge in [-0.2, -0.15) is 0 Å². The Morgan fingerprint density at radius 1 is 1.07 bits per heavy atom. The molecule has 0 aliphatic heterocycles. The van der Waals surface area contributed by atoms with Gasteiger partial charge in [0.05, 0.1) is 17.9 Å². The molecule has 7 nitrogen and oxygen atoms in total. The number of nitrogens with two attached hydrogens (primary N) is 2. The van der Waals surface area contributed by atoms with Gasteiger partial charge < -0.3 is 16.8 Å². The molecule has 0 radical (unpaired) electrons. The molecule has 3 amide bonds. The molecule has 1 aromatic heterocycles. The summed E-state index contributed by atoms with van der Waals surface area (Å²) in [7, 11) is 0. The molecule has 1 heterocycles. The zero-order chi connectivity index (χ0) is 20.8. The van der Waals surface area contributed by atoms with Crippen molar-refractivity contribution in [1.29, 1.82) is 0 Å². The molecule has 29 heavy (non-hydrogen) atoms. The Morgan fingerprint density at radius 2 is 1.83 bits per heavy atom. The highest BCUT2D eigenvalue weighted by Gasteiger charge is 2.19. The highest BCUT2D eigenvalue weighted by atomic mass is 19.1. The second kappa shape index (κ2) is 8.83. The van der Waals surface area contributed by atoms with Gasteiger partial charge in [0.25, 0.3) is 0 Å². The fourth-order valence-corrected chi connectivity index (χ4v) is 2.75. The van der Waals surface area contributed by atoms with Crippen molar-refractivity contribution in [3.8, 4) is 0 Å². The number of urea groups is 1.